The van der Waals surface area contributed by atoms with Crippen molar-refractivity contribution in [2.75, 3.05) is 7.05 Å². The van der Waals surface area contributed by atoms with E-state index in [0.29, 0.717) is 11.1 Å². The monoisotopic (exact) mass is 206 g/mol. The first-order chi connectivity index (χ1) is 7.13. The van der Waals surface area contributed by atoms with E-state index < -0.39 is 0 Å². The molecule has 0 aliphatic rings. The Morgan fingerprint density at radius 2 is 2.20 bits per heavy atom. The van der Waals surface area contributed by atoms with E-state index in [2.05, 4.69) is 5.32 Å². The van der Waals surface area contributed by atoms with Crippen molar-refractivity contribution in [2.45, 2.75) is 0 Å². The van der Waals surface area contributed by atoms with Crippen molar-refractivity contribution in [3.63, 3.8) is 0 Å². The van der Waals surface area contributed by atoms with Gasteiger partial charge in [0.2, 0.25) is 0 Å². The number of carbonyl (C=O) groups excluding carboxylic acids is 1. The molecule has 4 heteroatoms. The molecule has 0 bridgehead atoms. The molecule has 0 unspecified atom stereocenters. The number of fused-ring (bicyclic) bond motifs is 1. The van der Waals surface area contributed by atoms with Crippen LogP contribution in [0.4, 0.5) is 4.39 Å². The summed E-state index contributed by atoms with van der Waals surface area (Å²) in [6, 6.07) is 4.39. The second kappa shape index (κ2) is 3.38. The second-order valence-corrected chi connectivity index (χ2v) is 3.39. The third-order valence-corrected chi connectivity index (χ3v) is 2.42. The lowest BCUT2D eigenvalue weighted by Crippen LogP contribution is -2.17. The first-order valence-corrected chi connectivity index (χ1v) is 4.60. The Labute approximate surface area is 86.5 Å². The van der Waals surface area contributed by atoms with Gasteiger partial charge in [-0.3, -0.25) is 4.79 Å². The van der Waals surface area contributed by atoms with Crippen molar-refractivity contribution in [1.82, 2.24) is 9.88 Å². The number of aryl methyl sites for hydroxylation is 1. The van der Waals surface area contributed by atoms with Crippen LogP contribution in [0.2, 0.25) is 0 Å². The number of benzene rings is 1. The van der Waals surface area contributed by atoms with Gasteiger partial charge in [0.05, 0.1) is 11.1 Å². The van der Waals surface area contributed by atoms with Gasteiger partial charge in [0.1, 0.15) is 5.82 Å². The molecule has 0 radical (unpaired) electrons. The molecule has 1 N–H and O–H groups in total. The summed E-state index contributed by atoms with van der Waals surface area (Å²) in [5.74, 6) is -0.459. The van der Waals surface area contributed by atoms with E-state index in [1.54, 1.807) is 30.9 Å². The zero-order valence-corrected chi connectivity index (χ0v) is 8.54. The van der Waals surface area contributed by atoms with Gasteiger partial charge < -0.3 is 9.88 Å². The molecule has 2 rings (SSSR count). The van der Waals surface area contributed by atoms with Crippen LogP contribution in [0.15, 0.2) is 24.4 Å². The van der Waals surface area contributed by atoms with E-state index in [4.69, 9.17) is 0 Å². The van der Waals surface area contributed by atoms with Crippen LogP contribution in [-0.4, -0.2) is 17.5 Å². The Morgan fingerprint density at radius 1 is 1.47 bits per heavy atom. The van der Waals surface area contributed by atoms with Crippen LogP contribution >= 0.6 is 0 Å². The topological polar surface area (TPSA) is 34.0 Å². The second-order valence-electron chi connectivity index (χ2n) is 3.39. The fourth-order valence-electron chi connectivity index (χ4n) is 1.67. The number of amides is 1. The standard InChI is InChI=1S/C11H11FN2O/c1-13-11(15)9-6-14(2)10-5-7(12)3-4-8(9)10/h3-6H,1-2H3,(H,13,15). The predicted octanol–water partition coefficient (Wildman–Crippen LogP) is 1.68. The summed E-state index contributed by atoms with van der Waals surface area (Å²) in [6.45, 7) is 0. The number of hydrogen-bond acceptors (Lipinski definition) is 1. The smallest absolute Gasteiger partial charge is 0.253 e. The largest absolute Gasteiger partial charge is 0.355 e. The summed E-state index contributed by atoms with van der Waals surface area (Å²) in [7, 11) is 3.36. The Hall–Kier alpha value is -1.84. The summed E-state index contributed by atoms with van der Waals surface area (Å²) >= 11 is 0. The van der Waals surface area contributed by atoms with E-state index in [9.17, 15) is 9.18 Å². The number of nitrogens with one attached hydrogen (secondary N) is 1. The molecule has 0 spiro atoms. The van der Waals surface area contributed by atoms with Crippen molar-refractivity contribution in [2.24, 2.45) is 7.05 Å². The van der Waals surface area contributed by atoms with Crippen LogP contribution in [0, 0.1) is 5.82 Å². The van der Waals surface area contributed by atoms with Gasteiger partial charge in [-0.1, -0.05) is 0 Å². The fraction of sp³-hybridized carbons (Fsp3) is 0.182. The summed E-state index contributed by atoms with van der Waals surface area (Å²) in [5, 5.41) is 3.32. The minimum atomic E-state index is -0.299. The quantitative estimate of drug-likeness (QED) is 0.756. The van der Waals surface area contributed by atoms with Gasteiger partial charge in [-0.05, 0) is 18.2 Å². The molecule has 0 atom stereocenters. The van der Waals surface area contributed by atoms with E-state index in [1.165, 1.54) is 12.1 Å². The van der Waals surface area contributed by atoms with Crippen molar-refractivity contribution < 1.29 is 9.18 Å². The number of rotatable bonds is 1. The van der Waals surface area contributed by atoms with Gasteiger partial charge in [0, 0.05) is 25.7 Å². The maximum Gasteiger partial charge on any atom is 0.253 e. The Morgan fingerprint density at radius 3 is 2.87 bits per heavy atom. The normalized spacial score (nSPS) is 10.6. The van der Waals surface area contributed by atoms with Crippen LogP contribution in [0.1, 0.15) is 10.4 Å². The average Bonchev–Trinajstić information content (AvgIpc) is 2.55. The van der Waals surface area contributed by atoms with Crippen LogP contribution < -0.4 is 5.32 Å². The van der Waals surface area contributed by atoms with E-state index >= 15 is 0 Å². The predicted molar refractivity (Wildman–Crippen MR) is 56.3 cm³/mol. The SMILES string of the molecule is CNC(=O)c1cn(C)c2cc(F)ccc12. The highest BCUT2D eigenvalue weighted by molar-refractivity contribution is 6.06. The molecule has 1 heterocycles. The summed E-state index contributed by atoms with van der Waals surface area (Å²) < 4.78 is 14.7. The molecular formula is C11H11FN2O. The molecule has 2 aromatic rings. The average molecular weight is 206 g/mol. The zero-order chi connectivity index (χ0) is 11.0. The van der Waals surface area contributed by atoms with Crippen LogP contribution in [-0.2, 0) is 7.05 Å². The van der Waals surface area contributed by atoms with Crippen LogP contribution in [0.25, 0.3) is 10.9 Å². The molecular weight excluding hydrogens is 195 g/mol. The van der Waals surface area contributed by atoms with Gasteiger partial charge in [-0.2, -0.15) is 0 Å². The highest BCUT2D eigenvalue weighted by atomic mass is 19.1. The Balaban J connectivity index is 2.73. The third-order valence-electron chi connectivity index (χ3n) is 2.42. The van der Waals surface area contributed by atoms with Crippen LogP contribution in [0.5, 0.6) is 0 Å². The maximum atomic E-state index is 13.0. The summed E-state index contributed by atoms with van der Waals surface area (Å²) in [4.78, 5) is 11.5. The molecule has 15 heavy (non-hydrogen) atoms. The van der Waals surface area contributed by atoms with Gasteiger partial charge >= 0.3 is 0 Å². The van der Waals surface area contributed by atoms with Crippen molar-refractivity contribution in [3.8, 4) is 0 Å². The molecule has 3 nitrogen and oxygen atoms in total. The third kappa shape index (κ3) is 1.48. The fourth-order valence-corrected chi connectivity index (χ4v) is 1.67. The molecule has 0 aliphatic heterocycles. The molecule has 1 aromatic carbocycles. The number of carbonyl (C=O) groups is 1. The molecule has 0 aliphatic carbocycles. The maximum absolute atomic E-state index is 13.0. The molecule has 78 valence electrons. The first kappa shape index (κ1) is 9.71. The number of aromatic nitrogens is 1. The molecule has 0 fully saturated rings. The Bertz CT molecular complexity index is 531. The number of nitrogens with zero attached hydrogens (tertiary/aromatic N) is 1. The van der Waals surface area contributed by atoms with E-state index in [0.717, 1.165) is 5.39 Å². The Kier molecular flexibility index (Phi) is 2.19. The van der Waals surface area contributed by atoms with Crippen molar-refractivity contribution in [1.29, 1.82) is 0 Å². The van der Waals surface area contributed by atoms with Crippen molar-refractivity contribution >= 4 is 16.8 Å². The number of halogens is 1. The van der Waals surface area contributed by atoms with E-state index in [1.807, 2.05) is 0 Å². The summed E-state index contributed by atoms with van der Waals surface area (Å²) in [6.07, 6.45) is 1.70. The number of hydrogen-bond donors (Lipinski definition) is 1. The summed E-state index contributed by atoms with van der Waals surface area (Å²) in [5.41, 5.74) is 1.28. The molecule has 0 saturated carbocycles. The zero-order valence-electron chi connectivity index (χ0n) is 8.54. The highest BCUT2D eigenvalue weighted by Gasteiger charge is 2.12. The van der Waals surface area contributed by atoms with Gasteiger partial charge in [-0.25, -0.2) is 4.39 Å². The van der Waals surface area contributed by atoms with E-state index in [-0.39, 0.29) is 11.7 Å². The highest BCUT2D eigenvalue weighted by Crippen LogP contribution is 2.21. The first-order valence-electron chi connectivity index (χ1n) is 4.60. The van der Waals surface area contributed by atoms with Gasteiger partial charge in [0.25, 0.3) is 5.91 Å². The van der Waals surface area contributed by atoms with Crippen LogP contribution in [0.3, 0.4) is 0 Å². The molecule has 1 aromatic heterocycles. The van der Waals surface area contributed by atoms with Crippen molar-refractivity contribution in [3.05, 3.63) is 35.8 Å². The molecule has 1 amide bonds. The lowest BCUT2D eigenvalue weighted by molar-refractivity contribution is 0.0964. The lowest BCUT2D eigenvalue weighted by atomic mass is 10.1. The minimum Gasteiger partial charge on any atom is -0.355 e. The van der Waals surface area contributed by atoms with Gasteiger partial charge in [-0.15, -0.1) is 0 Å². The van der Waals surface area contributed by atoms with Gasteiger partial charge in [0.15, 0.2) is 0 Å². The molecule has 0 saturated heterocycles. The minimum absolute atomic E-state index is 0.160. The lowest BCUT2D eigenvalue weighted by Gasteiger charge is -1.96.